The molecule has 1 saturated heterocycles. The molecule has 2 N–H and O–H groups in total. The molecule has 156 valence electrons. The fourth-order valence-corrected chi connectivity index (χ4v) is 4.15. The number of halogens is 1. The van der Waals surface area contributed by atoms with E-state index in [1.54, 1.807) is 29.2 Å². The summed E-state index contributed by atoms with van der Waals surface area (Å²) in [6, 6.07) is 5.79. The molecule has 1 aliphatic carbocycles. The van der Waals surface area contributed by atoms with Gasteiger partial charge in [-0.3, -0.25) is 19.7 Å². The topological polar surface area (TPSA) is 87.7 Å². The van der Waals surface area contributed by atoms with Crippen LogP contribution in [0.15, 0.2) is 24.3 Å². The fourth-order valence-electron chi connectivity index (χ4n) is 3.62. The van der Waals surface area contributed by atoms with Crippen LogP contribution in [0.4, 0.5) is 0 Å². The smallest absolute Gasteiger partial charge is 0.308 e. The number of thiocarbonyl (C=S) groups is 1. The predicted molar refractivity (Wildman–Crippen MR) is 113 cm³/mol. The van der Waals surface area contributed by atoms with E-state index in [1.807, 2.05) is 0 Å². The summed E-state index contributed by atoms with van der Waals surface area (Å²) in [5, 5.41) is 5.74. The van der Waals surface area contributed by atoms with Gasteiger partial charge in [-0.1, -0.05) is 30.2 Å². The number of hydrogen-bond donors (Lipinski definition) is 2. The molecule has 0 aromatic heterocycles. The van der Waals surface area contributed by atoms with Crippen LogP contribution in [0.25, 0.3) is 0 Å². The Morgan fingerprint density at radius 2 is 1.97 bits per heavy atom. The summed E-state index contributed by atoms with van der Waals surface area (Å²) in [4.78, 5) is 38.8. The molecule has 1 aliphatic heterocycles. The molecule has 1 heterocycles. The average molecular weight is 438 g/mol. The third-order valence-electron chi connectivity index (χ3n) is 5.14. The molecule has 29 heavy (non-hydrogen) atoms. The van der Waals surface area contributed by atoms with Gasteiger partial charge in [0.2, 0.25) is 5.91 Å². The van der Waals surface area contributed by atoms with E-state index < -0.39 is 17.9 Å². The molecule has 0 spiro atoms. The van der Waals surface area contributed by atoms with Crippen molar-refractivity contribution in [2.24, 2.45) is 0 Å². The van der Waals surface area contributed by atoms with Crippen molar-refractivity contribution in [1.29, 1.82) is 0 Å². The molecule has 9 heteroatoms. The van der Waals surface area contributed by atoms with Gasteiger partial charge in [0.15, 0.2) is 5.11 Å². The highest BCUT2D eigenvalue weighted by Gasteiger charge is 2.35. The molecular formula is C20H24ClN3O4S. The average Bonchev–Trinajstić information content (AvgIpc) is 2.70. The zero-order valence-corrected chi connectivity index (χ0v) is 17.6. The Balaban J connectivity index is 1.63. The Kier molecular flexibility index (Phi) is 7.44. The first kappa shape index (κ1) is 21.5. The lowest BCUT2D eigenvalue weighted by atomic mass is 9.98. The van der Waals surface area contributed by atoms with Crippen LogP contribution in [0.1, 0.15) is 48.9 Å². The number of ether oxygens (including phenoxy) is 1. The lowest BCUT2D eigenvalue weighted by molar-refractivity contribution is -0.153. The minimum absolute atomic E-state index is 0.0803. The van der Waals surface area contributed by atoms with Crippen LogP contribution in [-0.4, -0.2) is 53.0 Å². The van der Waals surface area contributed by atoms with Crippen LogP contribution in [-0.2, 0) is 14.3 Å². The van der Waals surface area contributed by atoms with Crippen molar-refractivity contribution < 1.29 is 19.1 Å². The Bertz CT molecular complexity index is 798. The largest absolute Gasteiger partial charge is 0.462 e. The maximum atomic E-state index is 12.5. The Hall–Kier alpha value is -2.19. The van der Waals surface area contributed by atoms with Gasteiger partial charge in [0.1, 0.15) is 12.1 Å². The summed E-state index contributed by atoms with van der Waals surface area (Å²) in [7, 11) is 0. The highest BCUT2D eigenvalue weighted by Crippen LogP contribution is 2.22. The van der Waals surface area contributed by atoms with Crippen LogP contribution < -0.4 is 10.6 Å². The van der Waals surface area contributed by atoms with Crippen molar-refractivity contribution in [1.82, 2.24) is 15.5 Å². The summed E-state index contributed by atoms with van der Waals surface area (Å²) < 4.78 is 5.54. The number of nitrogens with zero attached hydrogens (tertiary/aromatic N) is 1. The minimum atomic E-state index is -0.820. The highest BCUT2D eigenvalue weighted by molar-refractivity contribution is 7.80. The van der Waals surface area contributed by atoms with Gasteiger partial charge in [0, 0.05) is 13.1 Å². The molecule has 7 nitrogen and oxygen atoms in total. The van der Waals surface area contributed by atoms with Crippen LogP contribution in [0, 0.1) is 0 Å². The van der Waals surface area contributed by atoms with Crippen molar-refractivity contribution in [3.8, 4) is 0 Å². The van der Waals surface area contributed by atoms with Crippen molar-refractivity contribution in [2.45, 2.75) is 50.7 Å². The van der Waals surface area contributed by atoms with Crippen LogP contribution >= 0.6 is 23.8 Å². The first-order valence-electron chi connectivity index (χ1n) is 9.79. The summed E-state index contributed by atoms with van der Waals surface area (Å²) in [6.07, 6.45) is 4.77. The second-order valence-electron chi connectivity index (χ2n) is 7.19. The van der Waals surface area contributed by atoms with E-state index >= 15 is 0 Å². The zero-order chi connectivity index (χ0) is 20.8. The summed E-state index contributed by atoms with van der Waals surface area (Å²) in [5.41, 5.74) is 0.284. The van der Waals surface area contributed by atoms with Crippen molar-refractivity contribution in [3.05, 3.63) is 34.9 Å². The molecular weight excluding hydrogens is 414 g/mol. The van der Waals surface area contributed by atoms with Crippen molar-refractivity contribution in [3.63, 3.8) is 0 Å². The van der Waals surface area contributed by atoms with Gasteiger partial charge in [-0.25, -0.2) is 0 Å². The predicted octanol–water partition coefficient (Wildman–Crippen LogP) is 2.42. The number of hydrogen-bond acceptors (Lipinski definition) is 5. The molecule has 1 saturated carbocycles. The summed E-state index contributed by atoms with van der Waals surface area (Å²) in [5.74, 6) is -1.20. The third kappa shape index (κ3) is 5.67. The molecule has 0 radical (unpaired) electrons. The van der Waals surface area contributed by atoms with Gasteiger partial charge in [0.25, 0.3) is 5.91 Å². The maximum absolute atomic E-state index is 12.5. The molecule has 1 unspecified atom stereocenters. The number of esters is 1. The van der Waals surface area contributed by atoms with Gasteiger partial charge in [-0.2, -0.15) is 0 Å². The minimum Gasteiger partial charge on any atom is -0.462 e. The van der Waals surface area contributed by atoms with E-state index in [0.29, 0.717) is 18.1 Å². The molecule has 2 amide bonds. The quantitative estimate of drug-likeness (QED) is 0.555. The van der Waals surface area contributed by atoms with Gasteiger partial charge in [-0.15, -0.1) is 0 Å². The molecule has 3 rings (SSSR count). The number of benzene rings is 1. The lowest BCUT2D eigenvalue weighted by Gasteiger charge is -2.36. The normalized spacial score (nSPS) is 20.0. The van der Waals surface area contributed by atoms with E-state index in [-0.39, 0.29) is 29.1 Å². The fraction of sp³-hybridized carbons (Fsp3) is 0.500. The van der Waals surface area contributed by atoms with E-state index in [0.717, 1.165) is 32.1 Å². The second-order valence-corrected chi connectivity index (χ2v) is 7.99. The molecule has 2 fully saturated rings. The van der Waals surface area contributed by atoms with Crippen LogP contribution in [0.5, 0.6) is 0 Å². The van der Waals surface area contributed by atoms with E-state index in [9.17, 15) is 14.4 Å². The number of nitrogens with one attached hydrogen (secondary N) is 2. The molecule has 0 bridgehead atoms. The number of rotatable bonds is 4. The Morgan fingerprint density at radius 1 is 1.24 bits per heavy atom. The molecule has 2 aliphatic rings. The van der Waals surface area contributed by atoms with Gasteiger partial charge < -0.3 is 15.0 Å². The van der Waals surface area contributed by atoms with E-state index in [2.05, 4.69) is 10.6 Å². The Labute approximate surface area is 180 Å². The number of piperazine rings is 1. The molecule has 1 aromatic carbocycles. The number of amides is 2. The zero-order valence-electron chi connectivity index (χ0n) is 16.0. The molecule has 1 atom stereocenters. The Morgan fingerprint density at radius 3 is 2.69 bits per heavy atom. The highest BCUT2D eigenvalue weighted by atomic mass is 35.5. The van der Waals surface area contributed by atoms with Crippen LogP contribution in [0.3, 0.4) is 0 Å². The number of carbonyl (C=O) groups excluding carboxylic acids is 3. The first-order chi connectivity index (χ1) is 14.0. The second kappa shape index (κ2) is 10.0. The summed E-state index contributed by atoms with van der Waals surface area (Å²) >= 11 is 11.4. The van der Waals surface area contributed by atoms with Gasteiger partial charge in [0.05, 0.1) is 17.0 Å². The maximum Gasteiger partial charge on any atom is 0.308 e. The standard InChI is InChI=1S/C20H24ClN3O4S/c21-15-9-5-4-8-14(15)18(26)23-20(29)24-11-10-22-19(27)16(24)12-17(25)28-13-6-2-1-3-7-13/h4-5,8-9,13,16H,1-3,6-7,10-12H2,(H,22,27)(H,23,26,29). The van der Waals surface area contributed by atoms with Crippen LogP contribution in [0.2, 0.25) is 5.02 Å². The van der Waals surface area contributed by atoms with E-state index in [4.69, 9.17) is 28.6 Å². The van der Waals surface area contributed by atoms with Crippen molar-refractivity contribution in [2.75, 3.05) is 13.1 Å². The summed E-state index contributed by atoms with van der Waals surface area (Å²) in [6.45, 7) is 0.754. The van der Waals surface area contributed by atoms with Gasteiger partial charge in [-0.05, 0) is 50.0 Å². The monoisotopic (exact) mass is 437 g/mol. The first-order valence-corrected chi connectivity index (χ1v) is 10.6. The third-order valence-corrected chi connectivity index (χ3v) is 5.81. The SMILES string of the molecule is O=C(CC1C(=O)NCCN1C(=S)NC(=O)c1ccccc1Cl)OC1CCCCC1. The van der Waals surface area contributed by atoms with Crippen molar-refractivity contribution >= 4 is 46.7 Å². The lowest BCUT2D eigenvalue weighted by Crippen LogP contribution is -2.60. The van der Waals surface area contributed by atoms with E-state index in [1.165, 1.54) is 0 Å². The number of carbonyl (C=O) groups is 3. The molecule has 1 aromatic rings. The van der Waals surface area contributed by atoms with Gasteiger partial charge >= 0.3 is 5.97 Å².